The molecule has 0 aliphatic heterocycles. The summed E-state index contributed by atoms with van der Waals surface area (Å²) in [6.45, 7) is 3.58. The van der Waals surface area contributed by atoms with Crippen LogP contribution >= 0.6 is 12.6 Å². The van der Waals surface area contributed by atoms with E-state index in [1.165, 1.54) is 0 Å². The highest BCUT2D eigenvalue weighted by Gasteiger charge is 2.20. The molecule has 4 heteroatoms. The Morgan fingerprint density at radius 1 is 1.20 bits per heavy atom. The first-order chi connectivity index (χ1) is 6.97. The van der Waals surface area contributed by atoms with E-state index in [0.29, 0.717) is 5.56 Å². The molecule has 0 spiro atoms. The Labute approximate surface area is 94.8 Å². The monoisotopic (exact) mass is 228 g/mol. The summed E-state index contributed by atoms with van der Waals surface area (Å²) in [6, 6.07) is 3.13. The molecule has 0 saturated heterocycles. The van der Waals surface area contributed by atoms with Gasteiger partial charge in [-0.3, -0.25) is 0 Å². The molecule has 0 heterocycles. The molecule has 84 valence electrons. The van der Waals surface area contributed by atoms with Crippen LogP contribution in [0.3, 0.4) is 0 Å². The van der Waals surface area contributed by atoms with Crippen LogP contribution in [0.2, 0.25) is 0 Å². The quantitative estimate of drug-likeness (QED) is 0.590. The van der Waals surface area contributed by atoms with Gasteiger partial charge in [-0.1, -0.05) is 0 Å². The van der Waals surface area contributed by atoms with Crippen LogP contribution in [0.15, 0.2) is 12.1 Å². The Bertz CT molecular complexity index is 329. The zero-order valence-electron chi connectivity index (χ0n) is 8.81. The number of benzene rings is 1. The maximum absolute atomic E-state index is 9.86. The molecule has 0 aromatic heterocycles. The number of aliphatic hydroxyl groups excluding tert-OH is 2. The third-order valence-electron chi connectivity index (χ3n) is 2.43. The molecule has 0 saturated carbocycles. The van der Waals surface area contributed by atoms with Gasteiger partial charge in [0, 0.05) is 5.75 Å². The summed E-state index contributed by atoms with van der Waals surface area (Å²) in [6.07, 6.45) is -1.85. The first-order valence-electron chi connectivity index (χ1n) is 4.74. The zero-order chi connectivity index (χ0) is 11.6. The van der Waals surface area contributed by atoms with Crippen LogP contribution in [-0.2, 0) is 0 Å². The number of hydrogen-bond acceptors (Lipinski definition) is 4. The summed E-state index contributed by atoms with van der Waals surface area (Å²) in [7, 11) is 0. The Morgan fingerprint density at radius 2 is 1.67 bits per heavy atom. The smallest absolute Gasteiger partial charge is 0.116 e. The van der Waals surface area contributed by atoms with Crippen molar-refractivity contribution in [2.24, 2.45) is 0 Å². The molecule has 1 aromatic carbocycles. The van der Waals surface area contributed by atoms with Crippen LogP contribution in [0.25, 0.3) is 0 Å². The number of rotatable bonds is 3. The summed E-state index contributed by atoms with van der Waals surface area (Å²) in [5.41, 5.74) is 2.19. The highest BCUT2D eigenvalue weighted by molar-refractivity contribution is 7.80. The molecule has 1 rings (SSSR count). The summed E-state index contributed by atoms with van der Waals surface area (Å²) in [5, 5.41) is 28.7. The van der Waals surface area contributed by atoms with Crippen molar-refractivity contribution in [2.75, 3.05) is 5.75 Å². The van der Waals surface area contributed by atoms with Crippen LogP contribution in [0.1, 0.15) is 22.8 Å². The van der Waals surface area contributed by atoms with Crippen molar-refractivity contribution in [1.82, 2.24) is 0 Å². The molecular formula is C11H16O3S. The summed E-state index contributed by atoms with van der Waals surface area (Å²) >= 11 is 3.93. The van der Waals surface area contributed by atoms with Crippen molar-refractivity contribution < 1.29 is 15.3 Å². The van der Waals surface area contributed by atoms with Crippen molar-refractivity contribution in [3.05, 3.63) is 28.8 Å². The Hall–Kier alpha value is -0.710. The molecule has 0 aliphatic carbocycles. The van der Waals surface area contributed by atoms with Crippen molar-refractivity contribution in [2.45, 2.75) is 26.1 Å². The Balaban J connectivity index is 3.13. The summed E-state index contributed by atoms with van der Waals surface area (Å²) in [5.74, 6) is 0.363. The van der Waals surface area contributed by atoms with E-state index in [4.69, 9.17) is 0 Å². The SMILES string of the molecule is Cc1cc(O)cc(C)c1C(O)C(O)CS. The maximum Gasteiger partial charge on any atom is 0.116 e. The summed E-state index contributed by atoms with van der Waals surface area (Å²) in [4.78, 5) is 0. The van der Waals surface area contributed by atoms with Gasteiger partial charge in [0.25, 0.3) is 0 Å². The first-order valence-corrected chi connectivity index (χ1v) is 5.37. The van der Waals surface area contributed by atoms with E-state index in [9.17, 15) is 15.3 Å². The second-order valence-corrected chi connectivity index (χ2v) is 4.05. The van der Waals surface area contributed by atoms with Gasteiger partial charge in [-0.05, 0) is 42.7 Å². The number of aromatic hydroxyl groups is 1. The van der Waals surface area contributed by atoms with E-state index >= 15 is 0 Å². The maximum atomic E-state index is 9.86. The van der Waals surface area contributed by atoms with Crippen molar-refractivity contribution in [3.63, 3.8) is 0 Å². The largest absolute Gasteiger partial charge is 0.508 e. The van der Waals surface area contributed by atoms with E-state index < -0.39 is 12.2 Å². The molecule has 2 atom stereocenters. The lowest BCUT2D eigenvalue weighted by Gasteiger charge is -2.20. The number of hydrogen-bond donors (Lipinski definition) is 4. The third kappa shape index (κ3) is 2.65. The number of thiol groups is 1. The van der Waals surface area contributed by atoms with Gasteiger partial charge in [-0.15, -0.1) is 0 Å². The molecule has 1 aromatic rings. The van der Waals surface area contributed by atoms with Gasteiger partial charge >= 0.3 is 0 Å². The average Bonchev–Trinajstić information content (AvgIpc) is 2.14. The van der Waals surface area contributed by atoms with Gasteiger partial charge in [-0.2, -0.15) is 12.6 Å². The lowest BCUT2D eigenvalue weighted by atomic mass is 9.95. The molecule has 0 radical (unpaired) electrons. The number of phenols is 1. The van der Waals surface area contributed by atoms with Crippen molar-refractivity contribution in [1.29, 1.82) is 0 Å². The van der Waals surface area contributed by atoms with Crippen molar-refractivity contribution in [3.8, 4) is 5.75 Å². The van der Waals surface area contributed by atoms with E-state index in [1.54, 1.807) is 26.0 Å². The standard InChI is InChI=1S/C11H16O3S/c1-6-3-8(12)4-7(2)10(6)11(14)9(13)5-15/h3-4,9,11-15H,5H2,1-2H3. The fourth-order valence-electron chi connectivity index (χ4n) is 1.71. The minimum Gasteiger partial charge on any atom is -0.508 e. The van der Waals surface area contributed by atoms with Gasteiger partial charge in [-0.25, -0.2) is 0 Å². The molecule has 0 aliphatic rings. The highest BCUT2D eigenvalue weighted by atomic mass is 32.1. The van der Waals surface area contributed by atoms with E-state index in [1.807, 2.05) is 0 Å². The lowest BCUT2D eigenvalue weighted by Crippen LogP contribution is -2.21. The predicted molar refractivity (Wildman–Crippen MR) is 62.4 cm³/mol. The predicted octanol–water partition coefficient (Wildman–Crippen LogP) is 1.33. The normalized spacial score (nSPS) is 15.0. The van der Waals surface area contributed by atoms with Gasteiger partial charge in [0.2, 0.25) is 0 Å². The molecule has 3 nitrogen and oxygen atoms in total. The van der Waals surface area contributed by atoms with Gasteiger partial charge in [0.15, 0.2) is 0 Å². The van der Waals surface area contributed by atoms with Crippen LogP contribution in [-0.4, -0.2) is 27.2 Å². The molecule has 0 bridgehead atoms. The highest BCUT2D eigenvalue weighted by Crippen LogP contribution is 2.28. The number of aryl methyl sites for hydroxylation is 2. The topological polar surface area (TPSA) is 60.7 Å². The van der Waals surface area contributed by atoms with Crippen molar-refractivity contribution >= 4 is 12.6 Å². The van der Waals surface area contributed by atoms with Crippen LogP contribution in [0.5, 0.6) is 5.75 Å². The average molecular weight is 228 g/mol. The second kappa shape index (κ2) is 4.88. The van der Waals surface area contributed by atoms with Crippen LogP contribution < -0.4 is 0 Å². The molecule has 0 amide bonds. The van der Waals surface area contributed by atoms with Gasteiger partial charge in [0.1, 0.15) is 11.9 Å². The molecular weight excluding hydrogens is 212 g/mol. The van der Waals surface area contributed by atoms with Gasteiger partial charge < -0.3 is 15.3 Å². The molecule has 2 unspecified atom stereocenters. The van der Waals surface area contributed by atoms with Crippen LogP contribution in [0, 0.1) is 13.8 Å². The second-order valence-electron chi connectivity index (χ2n) is 3.69. The third-order valence-corrected chi connectivity index (χ3v) is 2.80. The minimum atomic E-state index is -0.955. The van der Waals surface area contributed by atoms with E-state index in [2.05, 4.69) is 12.6 Å². The van der Waals surface area contributed by atoms with E-state index in [0.717, 1.165) is 11.1 Å². The molecule has 15 heavy (non-hydrogen) atoms. The lowest BCUT2D eigenvalue weighted by molar-refractivity contribution is 0.0329. The fourth-order valence-corrected chi connectivity index (χ4v) is 1.91. The summed E-state index contributed by atoms with van der Waals surface area (Å²) < 4.78 is 0. The van der Waals surface area contributed by atoms with E-state index in [-0.39, 0.29) is 11.5 Å². The minimum absolute atomic E-state index is 0.168. The first kappa shape index (κ1) is 12.4. The number of aliphatic hydroxyl groups is 2. The van der Waals surface area contributed by atoms with Crippen LogP contribution in [0.4, 0.5) is 0 Å². The molecule has 0 fully saturated rings. The number of phenolic OH excluding ortho intramolecular Hbond substituents is 1. The Morgan fingerprint density at radius 3 is 2.07 bits per heavy atom. The Kier molecular flexibility index (Phi) is 4.02. The van der Waals surface area contributed by atoms with Gasteiger partial charge in [0.05, 0.1) is 6.10 Å². The fraction of sp³-hybridized carbons (Fsp3) is 0.455. The molecule has 3 N–H and O–H groups in total. The zero-order valence-corrected chi connectivity index (χ0v) is 9.70.